The molecule has 0 aliphatic carbocycles. The molecule has 1 unspecified atom stereocenters. The molecule has 4 nitrogen and oxygen atoms in total. The number of amides is 1. The summed E-state index contributed by atoms with van der Waals surface area (Å²) in [5.41, 5.74) is 2.29. The fourth-order valence-electron chi connectivity index (χ4n) is 4.19. The summed E-state index contributed by atoms with van der Waals surface area (Å²) < 4.78 is 5.58. The number of piperidine rings is 1. The second-order valence-electron chi connectivity index (χ2n) is 7.86. The minimum Gasteiger partial charge on any atom is -0.444 e. The van der Waals surface area contributed by atoms with Crippen LogP contribution in [0, 0.1) is 5.92 Å². The topological polar surface area (TPSA) is 32.8 Å². The Balaban J connectivity index is 1.20. The SMILES string of the molecule is O=C1OC(CCN2CCC(Cc3ccccc3)CC2)CN1c1ccc(Cl)cc1. The highest BCUT2D eigenvalue weighted by Crippen LogP contribution is 2.26. The van der Waals surface area contributed by atoms with Gasteiger partial charge in [-0.2, -0.15) is 0 Å². The molecular weight excluding hydrogens is 372 g/mol. The van der Waals surface area contributed by atoms with Gasteiger partial charge in [0.05, 0.1) is 6.54 Å². The number of rotatable bonds is 6. The van der Waals surface area contributed by atoms with Gasteiger partial charge in [-0.1, -0.05) is 41.9 Å². The summed E-state index contributed by atoms with van der Waals surface area (Å²) >= 11 is 5.93. The number of nitrogens with zero attached hydrogens (tertiary/aromatic N) is 2. The van der Waals surface area contributed by atoms with Crippen LogP contribution in [0.5, 0.6) is 0 Å². The van der Waals surface area contributed by atoms with Gasteiger partial charge < -0.3 is 9.64 Å². The fourth-order valence-corrected chi connectivity index (χ4v) is 4.32. The van der Waals surface area contributed by atoms with Gasteiger partial charge in [0.1, 0.15) is 6.10 Å². The zero-order chi connectivity index (χ0) is 19.3. The summed E-state index contributed by atoms with van der Waals surface area (Å²) in [5, 5.41) is 0.670. The second kappa shape index (κ2) is 8.97. The van der Waals surface area contributed by atoms with E-state index in [1.807, 2.05) is 12.1 Å². The number of hydrogen-bond acceptors (Lipinski definition) is 3. The molecule has 0 aromatic heterocycles. The smallest absolute Gasteiger partial charge is 0.414 e. The summed E-state index contributed by atoms with van der Waals surface area (Å²) in [7, 11) is 0. The molecule has 1 amide bonds. The number of benzene rings is 2. The van der Waals surface area contributed by atoms with E-state index in [0.29, 0.717) is 11.6 Å². The molecular formula is C23H27ClN2O2. The lowest BCUT2D eigenvalue weighted by molar-refractivity contribution is 0.116. The molecule has 2 aliphatic heterocycles. The van der Waals surface area contributed by atoms with Crippen LogP contribution in [-0.2, 0) is 11.2 Å². The molecule has 0 bridgehead atoms. The van der Waals surface area contributed by atoms with Gasteiger partial charge in [0, 0.05) is 17.3 Å². The first-order chi connectivity index (χ1) is 13.7. The predicted molar refractivity (Wildman–Crippen MR) is 113 cm³/mol. The fraction of sp³-hybridized carbons (Fsp3) is 0.435. The highest BCUT2D eigenvalue weighted by molar-refractivity contribution is 6.30. The molecule has 5 heteroatoms. The first-order valence-electron chi connectivity index (χ1n) is 10.2. The average molecular weight is 399 g/mol. The monoisotopic (exact) mass is 398 g/mol. The standard InChI is InChI=1S/C23H27ClN2O2/c24-20-6-8-21(9-7-20)26-17-22(28-23(26)27)12-15-25-13-10-19(11-14-25)16-18-4-2-1-3-5-18/h1-9,19,22H,10-17H2. The van der Waals surface area contributed by atoms with E-state index in [9.17, 15) is 4.79 Å². The average Bonchev–Trinajstić information content (AvgIpc) is 3.09. The van der Waals surface area contributed by atoms with Gasteiger partial charge in [-0.25, -0.2) is 4.79 Å². The number of cyclic esters (lactones) is 1. The molecule has 148 valence electrons. The Morgan fingerprint density at radius 1 is 1.00 bits per heavy atom. The highest BCUT2D eigenvalue weighted by Gasteiger charge is 2.32. The number of carbonyl (C=O) groups is 1. The number of likely N-dealkylation sites (tertiary alicyclic amines) is 1. The Morgan fingerprint density at radius 2 is 1.71 bits per heavy atom. The number of halogens is 1. The summed E-state index contributed by atoms with van der Waals surface area (Å²) in [5.74, 6) is 0.781. The summed E-state index contributed by atoms with van der Waals surface area (Å²) in [6.07, 6.45) is 4.27. The lowest BCUT2D eigenvalue weighted by Crippen LogP contribution is -2.36. The molecule has 4 rings (SSSR count). The van der Waals surface area contributed by atoms with Crippen molar-refractivity contribution >= 4 is 23.4 Å². The quantitative estimate of drug-likeness (QED) is 0.685. The van der Waals surface area contributed by atoms with Crippen LogP contribution in [0.2, 0.25) is 5.02 Å². The maximum absolute atomic E-state index is 12.2. The minimum atomic E-state index is -0.256. The van der Waals surface area contributed by atoms with Crippen LogP contribution in [0.4, 0.5) is 10.5 Å². The normalized spacial score (nSPS) is 21.1. The van der Waals surface area contributed by atoms with E-state index in [4.69, 9.17) is 16.3 Å². The molecule has 2 fully saturated rings. The zero-order valence-electron chi connectivity index (χ0n) is 16.1. The maximum atomic E-state index is 12.2. The van der Waals surface area contributed by atoms with E-state index in [-0.39, 0.29) is 12.2 Å². The third kappa shape index (κ3) is 4.86. The third-order valence-electron chi connectivity index (χ3n) is 5.85. The molecule has 2 heterocycles. The van der Waals surface area contributed by atoms with Crippen molar-refractivity contribution in [2.45, 2.75) is 31.8 Å². The van der Waals surface area contributed by atoms with Crippen molar-refractivity contribution in [3.63, 3.8) is 0 Å². The number of anilines is 1. The molecule has 1 atom stereocenters. The first kappa shape index (κ1) is 19.3. The summed E-state index contributed by atoms with van der Waals surface area (Å²) in [6, 6.07) is 18.1. The van der Waals surface area contributed by atoms with Crippen LogP contribution < -0.4 is 4.90 Å². The first-order valence-corrected chi connectivity index (χ1v) is 10.5. The Hall–Kier alpha value is -2.04. The Morgan fingerprint density at radius 3 is 2.43 bits per heavy atom. The summed E-state index contributed by atoms with van der Waals surface area (Å²) in [6.45, 7) is 3.88. The lowest BCUT2D eigenvalue weighted by Gasteiger charge is -2.32. The van der Waals surface area contributed by atoms with Gasteiger partial charge in [0.25, 0.3) is 0 Å². The molecule has 2 aliphatic rings. The number of ether oxygens (including phenoxy) is 1. The number of hydrogen-bond donors (Lipinski definition) is 0. The Kier molecular flexibility index (Phi) is 6.18. The van der Waals surface area contributed by atoms with Crippen LogP contribution in [-0.4, -0.2) is 43.3 Å². The van der Waals surface area contributed by atoms with Crippen LogP contribution in [0.3, 0.4) is 0 Å². The molecule has 0 radical (unpaired) electrons. The van der Waals surface area contributed by atoms with E-state index in [1.54, 1.807) is 17.0 Å². The third-order valence-corrected chi connectivity index (χ3v) is 6.11. The van der Waals surface area contributed by atoms with E-state index < -0.39 is 0 Å². The number of carbonyl (C=O) groups excluding carboxylic acids is 1. The van der Waals surface area contributed by atoms with Crippen molar-refractivity contribution in [3.05, 3.63) is 65.2 Å². The van der Waals surface area contributed by atoms with Gasteiger partial charge in [-0.3, -0.25) is 4.90 Å². The zero-order valence-corrected chi connectivity index (χ0v) is 16.9. The van der Waals surface area contributed by atoms with Crippen molar-refractivity contribution in [1.82, 2.24) is 4.90 Å². The van der Waals surface area contributed by atoms with Gasteiger partial charge >= 0.3 is 6.09 Å². The Bertz CT molecular complexity index is 773. The molecule has 0 spiro atoms. The van der Waals surface area contributed by atoms with Gasteiger partial charge in [-0.15, -0.1) is 0 Å². The van der Waals surface area contributed by atoms with E-state index in [2.05, 4.69) is 35.2 Å². The molecule has 0 saturated carbocycles. The maximum Gasteiger partial charge on any atom is 0.414 e. The van der Waals surface area contributed by atoms with Crippen molar-refractivity contribution in [2.75, 3.05) is 31.1 Å². The van der Waals surface area contributed by atoms with Crippen molar-refractivity contribution in [3.8, 4) is 0 Å². The van der Waals surface area contributed by atoms with E-state index in [0.717, 1.165) is 37.7 Å². The molecule has 0 N–H and O–H groups in total. The van der Waals surface area contributed by atoms with Crippen LogP contribution in [0.1, 0.15) is 24.8 Å². The van der Waals surface area contributed by atoms with Gasteiger partial charge in [0.2, 0.25) is 0 Å². The second-order valence-corrected chi connectivity index (χ2v) is 8.29. The van der Waals surface area contributed by atoms with E-state index in [1.165, 1.54) is 24.8 Å². The lowest BCUT2D eigenvalue weighted by atomic mass is 9.90. The molecule has 2 aromatic carbocycles. The minimum absolute atomic E-state index is 0.0368. The van der Waals surface area contributed by atoms with Crippen LogP contribution in [0.15, 0.2) is 54.6 Å². The predicted octanol–water partition coefficient (Wildman–Crippen LogP) is 5.01. The molecule has 2 aromatic rings. The van der Waals surface area contributed by atoms with Crippen molar-refractivity contribution in [1.29, 1.82) is 0 Å². The van der Waals surface area contributed by atoms with Gasteiger partial charge in [0.15, 0.2) is 0 Å². The van der Waals surface area contributed by atoms with E-state index >= 15 is 0 Å². The largest absolute Gasteiger partial charge is 0.444 e. The van der Waals surface area contributed by atoms with Gasteiger partial charge in [-0.05, 0) is 74.5 Å². The van der Waals surface area contributed by atoms with Crippen molar-refractivity contribution in [2.24, 2.45) is 5.92 Å². The highest BCUT2D eigenvalue weighted by atomic mass is 35.5. The molecule has 28 heavy (non-hydrogen) atoms. The van der Waals surface area contributed by atoms with Crippen LogP contribution >= 0.6 is 11.6 Å². The summed E-state index contributed by atoms with van der Waals surface area (Å²) in [4.78, 5) is 16.4. The molecule has 2 saturated heterocycles. The van der Waals surface area contributed by atoms with Crippen LogP contribution in [0.25, 0.3) is 0 Å². The Labute approximate surface area is 172 Å². The van der Waals surface area contributed by atoms with Crippen molar-refractivity contribution < 1.29 is 9.53 Å².